The first-order valence-electron chi connectivity index (χ1n) is 6.15. The van der Waals surface area contributed by atoms with Crippen molar-refractivity contribution in [2.75, 3.05) is 0 Å². The summed E-state index contributed by atoms with van der Waals surface area (Å²) in [5, 5.41) is 0.500. The largest absolute Gasteiger partial charge is 0.233 e. The highest BCUT2D eigenvalue weighted by Gasteiger charge is 2.17. The van der Waals surface area contributed by atoms with Crippen LogP contribution in [0.25, 0.3) is 11.4 Å². The number of aryl methyl sites for hydroxylation is 1. The van der Waals surface area contributed by atoms with Crippen molar-refractivity contribution in [2.45, 2.75) is 25.7 Å². The van der Waals surface area contributed by atoms with Gasteiger partial charge in [0.1, 0.15) is 11.0 Å². The second kappa shape index (κ2) is 5.17. The molecule has 3 rings (SSSR count). The molecular weight excluding hydrogens is 331 g/mol. The second-order valence-corrected chi connectivity index (χ2v) is 5.90. The Morgan fingerprint density at radius 2 is 1.89 bits per heavy atom. The molecule has 0 radical (unpaired) electrons. The number of rotatable bonds is 1. The lowest BCUT2D eigenvalue weighted by molar-refractivity contribution is 0.627. The third kappa shape index (κ3) is 2.65. The van der Waals surface area contributed by atoms with Crippen molar-refractivity contribution in [1.29, 1.82) is 0 Å². The first-order valence-corrected chi connectivity index (χ1v) is 7.32. The lowest BCUT2D eigenvalue weighted by atomic mass is 9.97. The van der Waals surface area contributed by atoms with Gasteiger partial charge in [0.25, 0.3) is 0 Å². The van der Waals surface area contributed by atoms with E-state index in [1.54, 1.807) is 6.07 Å². The molecule has 1 aliphatic rings. The molecule has 0 fully saturated rings. The van der Waals surface area contributed by atoms with Gasteiger partial charge in [0, 0.05) is 21.3 Å². The molecule has 1 heterocycles. The number of fused-ring (bicyclic) bond motifs is 1. The fourth-order valence-corrected chi connectivity index (χ4v) is 3.11. The van der Waals surface area contributed by atoms with Gasteiger partial charge in [0.15, 0.2) is 5.82 Å². The molecule has 0 N–H and O–H groups in total. The molecule has 1 aliphatic carbocycles. The molecular formula is C14H11BrClFN2. The van der Waals surface area contributed by atoms with E-state index in [2.05, 4.69) is 25.9 Å². The number of halogens is 3. The van der Waals surface area contributed by atoms with Crippen molar-refractivity contribution in [3.63, 3.8) is 0 Å². The van der Waals surface area contributed by atoms with Gasteiger partial charge in [-0.3, -0.25) is 0 Å². The van der Waals surface area contributed by atoms with Crippen LogP contribution >= 0.6 is 27.5 Å². The van der Waals surface area contributed by atoms with Crippen molar-refractivity contribution in [2.24, 2.45) is 0 Å². The number of aromatic nitrogens is 2. The molecule has 1 aromatic carbocycles. The van der Waals surface area contributed by atoms with Crippen LogP contribution in [0.15, 0.2) is 22.7 Å². The summed E-state index contributed by atoms with van der Waals surface area (Å²) in [6.07, 6.45) is 4.09. The van der Waals surface area contributed by atoms with Crippen molar-refractivity contribution < 1.29 is 4.39 Å². The lowest BCUT2D eigenvalue weighted by Gasteiger charge is -2.16. The van der Waals surface area contributed by atoms with E-state index >= 15 is 0 Å². The van der Waals surface area contributed by atoms with Crippen molar-refractivity contribution in [3.05, 3.63) is 44.9 Å². The van der Waals surface area contributed by atoms with Crippen LogP contribution in [0.5, 0.6) is 0 Å². The average molecular weight is 342 g/mol. The lowest BCUT2D eigenvalue weighted by Crippen LogP contribution is -2.08. The zero-order chi connectivity index (χ0) is 13.4. The van der Waals surface area contributed by atoms with Crippen molar-refractivity contribution >= 4 is 27.5 Å². The van der Waals surface area contributed by atoms with Gasteiger partial charge in [-0.2, -0.15) is 0 Å². The van der Waals surface area contributed by atoms with Gasteiger partial charge < -0.3 is 0 Å². The van der Waals surface area contributed by atoms with Crippen LogP contribution in [0.3, 0.4) is 0 Å². The van der Waals surface area contributed by atoms with Crippen LogP contribution in [0, 0.1) is 5.82 Å². The van der Waals surface area contributed by atoms with Crippen LogP contribution in [-0.4, -0.2) is 9.97 Å². The smallest absolute Gasteiger partial charge is 0.161 e. The first kappa shape index (κ1) is 13.0. The number of hydrogen-bond acceptors (Lipinski definition) is 2. The molecule has 0 atom stereocenters. The van der Waals surface area contributed by atoms with E-state index in [1.807, 2.05) is 0 Å². The minimum absolute atomic E-state index is 0.318. The Hall–Kier alpha value is -1.00. The van der Waals surface area contributed by atoms with Crippen molar-refractivity contribution in [3.8, 4) is 11.4 Å². The molecule has 0 unspecified atom stereocenters. The molecule has 2 nitrogen and oxygen atoms in total. The Bertz CT molecular complexity index is 625. The highest BCUT2D eigenvalue weighted by molar-refractivity contribution is 9.10. The van der Waals surface area contributed by atoms with Crippen LogP contribution in [0.4, 0.5) is 4.39 Å². The van der Waals surface area contributed by atoms with Gasteiger partial charge in [-0.25, -0.2) is 14.4 Å². The highest BCUT2D eigenvalue weighted by Crippen LogP contribution is 2.29. The topological polar surface area (TPSA) is 25.8 Å². The zero-order valence-electron chi connectivity index (χ0n) is 10.1. The predicted octanol–water partition coefficient (Wildman–Crippen LogP) is 4.58. The molecule has 0 spiro atoms. The van der Waals surface area contributed by atoms with Gasteiger partial charge in [0.2, 0.25) is 0 Å². The minimum Gasteiger partial charge on any atom is -0.233 e. The quantitative estimate of drug-likeness (QED) is 0.710. The van der Waals surface area contributed by atoms with E-state index in [0.717, 1.165) is 36.9 Å². The Morgan fingerprint density at radius 3 is 2.68 bits per heavy atom. The predicted molar refractivity (Wildman–Crippen MR) is 76.8 cm³/mol. The van der Waals surface area contributed by atoms with Crippen LogP contribution in [0.2, 0.25) is 5.15 Å². The van der Waals surface area contributed by atoms with Gasteiger partial charge >= 0.3 is 0 Å². The number of hydrogen-bond donors (Lipinski definition) is 0. The molecule has 0 amide bonds. The fourth-order valence-electron chi connectivity index (χ4n) is 2.36. The monoisotopic (exact) mass is 340 g/mol. The van der Waals surface area contributed by atoms with Crippen molar-refractivity contribution in [1.82, 2.24) is 9.97 Å². The SMILES string of the molecule is Fc1cc(Br)cc(-c2nc(Cl)c3c(n2)CCCC3)c1. The molecule has 0 saturated carbocycles. The van der Waals surface area contributed by atoms with Gasteiger partial charge in [0.05, 0.1) is 0 Å². The first-order chi connectivity index (χ1) is 9.13. The highest BCUT2D eigenvalue weighted by atomic mass is 79.9. The van der Waals surface area contributed by atoms with E-state index in [-0.39, 0.29) is 5.82 Å². The molecule has 2 aromatic rings. The number of benzene rings is 1. The van der Waals surface area contributed by atoms with Gasteiger partial charge in [-0.1, -0.05) is 27.5 Å². The summed E-state index contributed by atoms with van der Waals surface area (Å²) in [6.45, 7) is 0. The maximum Gasteiger partial charge on any atom is 0.161 e. The summed E-state index contributed by atoms with van der Waals surface area (Å²) in [6, 6.07) is 4.62. The molecule has 0 aliphatic heterocycles. The van der Waals surface area contributed by atoms with E-state index in [0.29, 0.717) is 21.0 Å². The summed E-state index contributed by atoms with van der Waals surface area (Å²) < 4.78 is 14.1. The third-order valence-electron chi connectivity index (χ3n) is 3.25. The van der Waals surface area contributed by atoms with E-state index in [4.69, 9.17) is 11.6 Å². The Balaban J connectivity index is 2.12. The third-order valence-corrected chi connectivity index (χ3v) is 4.02. The maximum absolute atomic E-state index is 13.4. The summed E-state index contributed by atoms with van der Waals surface area (Å²) in [4.78, 5) is 8.85. The summed E-state index contributed by atoms with van der Waals surface area (Å²) >= 11 is 9.50. The molecule has 19 heavy (non-hydrogen) atoms. The molecule has 1 aromatic heterocycles. The molecule has 0 saturated heterocycles. The summed E-state index contributed by atoms with van der Waals surface area (Å²) in [7, 11) is 0. The van der Waals surface area contributed by atoms with Gasteiger partial charge in [-0.05, 0) is 43.9 Å². The van der Waals surface area contributed by atoms with E-state index in [1.165, 1.54) is 12.1 Å². The summed E-state index contributed by atoms with van der Waals surface area (Å²) in [5.41, 5.74) is 2.69. The average Bonchev–Trinajstić information content (AvgIpc) is 2.37. The maximum atomic E-state index is 13.4. The minimum atomic E-state index is -0.318. The second-order valence-electron chi connectivity index (χ2n) is 4.63. The van der Waals surface area contributed by atoms with E-state index in [9.17, 15) is 4.39 Å². The Morgan fingerprint density at radius 1 is 1.11 bits per heavy atom. The number of nitrogens with zero attached hydrogens (tertiary/aromatic N) is 2. The van der Waals surface area contributed by atoms with Crippen LogP contribution in [0.1, 0.15) is 24.1 Å². The van der Waals surface area contributed by atoms with Crippen LogP contribution < -0.4 is 0 Å². The Kier molecular flexibility index (Phi) is 3.54. The Labute approximate surface area is 124 Å². The normalized spacial score (nSPS) is 14.3. The zero-order valence-corrected chi connectivity index (χ0v) is 12.4. The standard InChI is InChI=1S/C14H11BrClFN2/c15-9-5-8(6-10(17)7-9)14-18-12-4-2-1-3-11(12)13(16)19-14/h5-7H,1-4H2. The van der Waals surface area contributed by atoms with Crippen LogP contribution in [-0.2, 0) is 12.8 Å². The van der Waals surface area contributed by atoms with Gasteiger partial charge in [-0.15, -0.1) is 0 Å². The molecule has 98 valence electrons. The molecule has 5 heteroatoms. The van der Waals surface area contributed by atoms with E-state index < -0.39 is 0 Å². The fraction of sp³-hybridized carbons (Fsp3) is 0.286. The molecule has 0 bridgehead atoms. The summed E-state index contributed by atoms with van der Waals surface area (Å²) in [5.74, 6) is 0.174.